The maximum atomic E-state index is 14.3. The van der Waals surface area contributed by atoms with Crippen LogP contribution >= 0.6 is 15.9 Å². The van der Waals surface area contributed by atoms with E-state index < -0.39 is 40.4 Å². The summed E-state index contributed by atoms with van der Waals surface area (Å²) in [4.78, 5) is 30.8. The van der Waals surface area contributed by atoms with Crippen LogP contribution in [0.2, 0.25) is 0 Å². The predicted octanol–water partition coefficient (Wildman–Crippen LogP) is 5.52. The Bertz CT molecular complexity index is 2300. The van der Waals surface area contributed by atoms with Crippen LogP contribution in [0.25, 0.3) is 33.2 Å². The van der Waals surface area contributed by atoms with Crippen molar-refractivity contribution in [1.82, 2.24) is 23.4 Å². The molecule has 1 saturated carbocycles. The number of ether oxygens (including phenoxy) is 2. The van der Waals surface area contributed by atoms with Crippen molar-refractivity contribution >= 4 is 54.1 Å². The first-order valence-corrected chi connectivity index (χ1v) is 16.7. The number of methoxy groups -OCH3 is 1. The first-order valence-electron chi connectivity index (χ1n) is 16.0. The van der Waals surface area contributed by atoms with E-state index in [0.717, 1.165) is 14.1 Å². The summed E-state index contributed by atoms with van der Waals surface area (Å²) in [6.07, 6.45) is 2.53. The molecule has 1 N–H and O–H groups in total. The molecule has 0 bridgehead atoms. The van der Waals surface area contributed by atoms with Crippen LogP contribution in [-0.2, 0) is 28.2 Å². The van der Waals surface area contributed by atoms with Crippen molar-refractivity contribution < 1.29 is 26.8 Å². The summed E-state index contributed by atoms with van der Waals surface area (Å²) in [6, 6.07) is 12.6. The number of fused-ring (bicyclic) bond motifs is 4. The van der Waals surface area contributed by atoms with Crippen LogP contribution in [0.3, 0.4) is 0 Å². The van der Waals surface area contributed by atoms with Crippen LogP contribution in [-0.4, -0.2) is 51.4 Å². The smallest absolute Gasteiger partial charge is 0.407 e. The van der Waals surface area contributed by atoms with Crippen LogP contribution in [0.4, 0.5) is 4.79 Å². The molecule has 2 atom stereocenters. The highest BCUT2D eigenvalue weighted by Crippen LogP contribution is 2.46. The Balaban J connectivity index is 1.58. The number of hydrogen-bond donors (Lipinski definition) is 1. The minimum atomic E-state index is -4.26. The number of carbonyl (C=O) groups is 1. The SMILES string of the molecule is [2H]C([2H])([2H])n1c(=O)n([C@@H]2CC[C@@H](NC(=O)OC)C2)c2c3c(-c4ccc5c(c4)CC(C)(C)O5)c(Br)n(S(=O)(=O)c4ccccc4)c3ncc21. The van der Waals surface area contributed by atoms with Gasteiger partial charge in [-0.15, -0.1) is 0 Å². The Morgan fingerprint density at radius 3 is 2.71 bits per heavy atom. The van der Waals surface area contributed by atoms with Gasteiger partial charge in [0.15, 0.2) is 5.65 Å². The number of nitrogens with one attached hydrogen (secondary N) is 1. The molecule has 7 rings (SSSR count). The van der Waals surface area contributed by atoms with E-state index in [1.807, 2.05) is 32.0 Å². The normalized spacial score (nSPS) is 20.4. The van der Waals surface area contributed by atoms with Crippen LogP contribution in [0.1, 0.15) is 48.8 Å². The first-order chi connectivity index (χ1) is 22.6. The molecule has 1 aliphatic heterocycles. The fourth-order valence-electron chi connectivity index (χ4n) is 6.71. The molecule has 1 fully saturated rings. The number of amides is 1. The molecule has 4 heterocycles. The van der Waals surface area contributed by atoms with E-state index in [9.17, 15) is 18.0 Å². The highest BCUT2D eigenvalue weighted by molar-refractivity contribution is 9.10. The average Bonchev–Trinajstić information content (AvgIpc) is 3.75. The molecule has 3 aromatic heterocycles. The number of pyridine rings is 1. The van der Waals surface area contributed by atoms with Gasteiger partial charge in [-0.1, -0.05) is 24.3 Å². The van der Waals surface area contributed by atoms with Crippen molar-refractivity contribution in [2.24, 2.45) is 6.98 Å². The number of rotatable bonds is 5. The van der Waals surface area contributed by atoms with E-state index in [2.05, 4.69) is 26.2 Å². The zero-order chi connectivity index (χ0) is 34.3. The lowest BCUT2D eigenvalue weighted by Gasteiger charge is -2.16. The summed E-state index contributed by atoms with van der Waals surface area (Å²) < 4.78 is 67.8. The van der Waals surface area contributed by atoms with E-state index in [0.29, 0.717) is 47.9 Å². The number of carbonyl (C=O) groups excluding carboxylic acids is 1. The minimum absolute atomic E-state index is 0.0176. The number of imidazole rings is 1. The summed E-state index contributed by atoms with van der Waals surface area (Å²) in [5.41, 5.74) is 1.03. The summed E-state index contributed by atoms with van der Waals surface area (Å²) >= 11 is 3.62. The van der Waals surface area contributed by atoms with Crippen LogP contribution < -0.4 is 15.7 Å². The minimum Gasteiger partial charge on any atom is -0.487 e. The number of hydrogen-bond acceptors (Lipinski definition) is 7. The molecule has 0 unspecified atom stereocenters. The van der Waals surface area contributed by atoms with Crippen LogP contribution in [0.5, 0.6) is 5.75 Å². The molecule has 0 spiro atoms. The summed E-state index contributed by atoms with van der Waals surface area (Å²) in [5, 5.41) is 3.07. The van der Waals surface area contributed by atoms with Gasteiger partial charge in [0.2, 0.25) is 0 Å². The fourth-order valence-corrected chi connectivity index (χ4v) is 9.26. The third-order valence-corrected chi connectivity index (χ3v) is 11.3. The lowest BCUT2D eigenvalue weighted by Crippen LogP contribution is -2.33. The van der Waals surface area contributed by atoms with E-state index in [4.69, 9.17) is 13.6 Å². The topological polar surface area (TPSA) is 126 Å². The lowest BCUT2D eigenvalue weighted by atomic mass is 9.97. The Hall–Kier alpha value is -4.10. The van der Waals surface area contributed by atoms with Crippen molar-refractivity contribution in [3.8, 4) is 16.9 Å². The third-order valence-electron chi connectivity index (χ3n) is 8.63. The molecule has 0 radical (unpaired) electrons. The zero-order valence-corrected chi connectivity index (χ0v) is 27.1. The maximum absolute atomic E-state index is 14.3. The maximum Gasteiger partial charge on any atom is 0.407 e. The second-order valence-corrected chi connectivity index (χ2v) is 14.6. The number of benzene rings is 2. The van der Waals surface area contributed by atoms with Gasteiger partial charge in [-0.2, -0.15) is 0 Å². The van der Waals surface area contributed by atoms with Crippen molar-refractivity contribution in [2.75, 3.05) is 7.11 Å². The standard InChI is InChI=1S/C32H32BrN5O6S/c1-32(2)16-19-14-18(10-13-24(19)44-32)25-26-27-23(36(3)31(40)37(27)21-12-11-20(15-21)35-30(39)43-4)17-34-29(26)38(28(25)33)45(41,42)22-8-6-5-7-9-22/h5-10,13-14,17,20-21H,11-12,15-16H2,1-4H3,(H,35,39)/t20-,21-/m1/s1/i3D3. The van der Waals surface area contributed by atoms with Gasteiger partial charge in [-0.25, -0.2) is 27.0 Å². The second kappa shape index (κ2) is 10.5. The van der Waals surface area contributed by atoms with E-state index in [1.54, 1.807) is 18.2 Å². The summed E-state index contributed by atoms with van der Waals surface area (Å²) in [7, 11) is -2.99. The molecular weight excluding hydrogens is 662 g/mol. The van der Waals surface area contributed by atoms with Crippen molar-refractivity contribution in [3.63, 3.8) is 0 Å². The van der Waals surface area contributed by atoms with Gasteiger partial charge in [-0.05, 0) is 84.4 Å². The number of alkyl carbamates (subject to hydrolysis) is 1. The predicted molar refractivity (Wildman–Crippen MR) is 173 cm³/mol. The Morgan fingerprint density at radius 2 is 1.98 bits per heavy atom. The molecular formula is C32H32BrN5O6S. The van der Waals surface area contributed by atoms with Crippen molar-refractivity contribution in [3.05, 3.63) is 75.4 Å². The fraction of sp³-hybridized carbons (Fsp3) is 0.344. The largest absolute Gasteiger partial charge is 0.487 e. The van der Waals surface area contributed by atoms with Gasteiger partial charge in [0.25, 0.3) is 10.0 Å². The van der Waals surface area contributed by atoms with E-state index in [1.165, 1.54) is 30.0 Å². The van der Waals surface area contributed by atoms with Crippen LogP contribution in [0, 0.1) is 0 Å². The number of nitrogens with zero attached hydrogens (tertiary/aromatic N) is 4. The molecule has 0 saturated heterocycles. The van der Waals surface area contributed by atoms with Gasteiger partial charge in [0.1, 0.15) is 16.0 Å². The number of halogens is 1. The molecule has 2 aromatic carbocycles. The monoisotopic (exact) mass is 696 g/mol. The number of aromatic nitrogens is 4. The highest BCUT2D eigenvalue weighted by atomic mass is 79.9. The first kappa shape index (κ1) is 26.1. The molecule has 1 aliphatic carbocycles. The zero-order valence-electron chi connectivity index (χ0n) is 27.7. The van der Waals surface area contributed by atoms with Gasteiger partial charge in [0.05, 0.1) is 34.6 Å². The second-order valence-electron chi connectivity index (χ2n) is 12.1. The molecule has 11 nitrogen and oxygen atoms in total. The van der Waals surface area contributed by atoms with Gasteiger partial charge in [0, 0.05) is 35.2 Å². The lowest BCUT2D eigenvalue weighted by molar-refractivity contribution is 0.138. The Labute approximate surface area is 272 Å². The quantitative estimate of drug-likeness (QED) is 0.257. The molecule has 2 aliphatic rings. The van der Waals surface area contributed by atoms with Crippen molar-refractivity contribution in [1.29, 1.82) is 0 Å². The van der Waals surface area contributed by atoms with Gasteiger partial charge >= 0.3 is 11.8 Å². The van der Waals surface area contributed by atoms with Gasteiger partial charge < -0.3 is 14.8 Å². The molecule has 13 heteroatoms. The number of aryl methyl sites for hydroxylation is 1. The molecule has 5 aromatic rings. The Morgan fingerprint density at radius 1 is 1.20 bits per heavy atom. The average molecular weight is 698 g/mol. The van der Waals surface area contributed by atoms with Crippen LogP contribution in [0.15, 0.2) is 69.0 Å². The van der Waals surface area contributed by atoms with E-state index >= 15 is 0 Å². The molecule has 45 heavy (non-hydrogen) atoms. The summed E-state index contributed by atoms with van der Waals surface area (Å²) in [5.74, 6) is 0.712. The Kier molecular flexibility index (Phi) is 6.09. The highest BCUT2D eigenvalue weighted by Gasteiger charge is 2.36. The van der Waals surface area contributed by atoms with Crippen molar-refractivity contribution in [2.45, 2.75) is 62.1 Å². The third kappa shape index (κ3) is 4.66. The molecule has 234 valence electrons. The molecule has 1 amide bonds. The summed E-state index contributed by atoms with van der Waals surface area (Å²) in [6.45, 7) is 1.09. The van der Waals surface area contributed by atoms with Gasteiger partial charge in [-0.3, -0.25) is 9.13 Å². The van der Waals surface area contributed by atoms with E-state index in [-0.39, 0.29) is 32.2 Å².